The number of carbonyl (C=O) groups excluding carboxylic acids is 1. The lowest BCUT2D eigenvalue weighted by Gasteiger charge is -2.31. The van der Waals surface area contributed by atoms with Crippen LogP contribution in [0.25, 0.3) is 16.8 Å². The maximum atomic E-state index is 12.7. The minimum Gasteiger partial charge on any atom is -0.342 e. The van der Waals surface area contributed by atoms with E-state index in [-0.39, 0.29) is 5.91 Å². The van der Waals surface area contributed by atoms with Crippen molar-refractivity contribution >= 4 is 23.2 Å². The summed E-state index contributed by atoms with van der Waals surface area (Å²) in [5, 5.41) is 5.57. The number of hydrogen-bond donors (Lipinski definition) is 0. The lowest BCUT2D eigenvalue weighted by Crippen LogP contribution is -2.39. The second kappa shape index (κ2) is 8.57. The zero-order valence-electron chi connectivity index (χ0n) is 17.4. The van der Waals surface area contributed by atoms with Gasteiger partial charge in [-0.2, -0.15) is 5.10 Å². The Morgan fingerprint density at radius 2 is 1.97 bits per heavy atom. The number of carbonyl (C=O) groups is 1. The fraction of sp³-hybridized carbons (Fsp3) is 0.435. The molecule has 1 amide bonds. The molecule has 0 unspecified atom stereocenters. The number of fused-ring (bicyclic) bond motifs is 1. The Morgan fingerprint density at radius 1 is 1.17 bits per heavy atom. The molecule has 0 atom stereocenters. The van der Waals surface area contributed by atoms with Crippen LogP contribution < -0.4 is 0 Å². The number of nitrogens with zero attached hydrogens (tertiary/aromatic N) is 4. The summed E-state index contributed by atoms with van der Waals surface area (Å²) in [6.07, 6.45) is 9.62. The summed E-state index contributed by atoms with van der Waals surface area (Å²) in [4.78, 5) is 19.2. The van der Waals surface area contributed by atoms with Crippen molar-refractivity contribution in [3.63, 3.8) is 0 Å². The van der Waals surface area contributed by atoms with Gasteiger partial charge in [0.05, 0.1) is 17.0 Å². The number of amides is 1. The predicted octanol–water partition coefficient (Wildman–Crippen LogP) is 4.90. The quantitative estimate of drug-likeness (QED) is 0.564. The molecule has 2 heterocycles. The smallest absolute Gasteiger partial charge is 0.232 e. The van der Waals surface area contributed by atoms with Crippen LogP contribution in [0.5, 0.6) is 0 Å². The molecule has 0 saturated heterocycles. The zero-order chi connectivity index (χ0) is 20.4. The van der Waals surface area contributed by atoms with Gasteiger partial charge in [-0.3, -0.25) is 4.79 Å². The number of rotatable bonds is 5. The van der Waals surface area contributed by atoms with E-state index in [1.165, 1.54) is 42.2 Å². The van der Waals surface area contributed by atoms with Crippen molar-refractivity contribution in [3.05, 3.63) is 47.8 Å². The van der Waals surface area contributed by atoms with Crippen LogP contribution in [0.3, 0.4) is 0 Å². The summed E-state index contributed by atoms with van der Waals surface area (Å²) in [7, 11) is 1.95. The van der Waals surface area contributed by atoms with Gasteiger partial charge < -0.3 is 4.90 Å². The standard InChI is InChI=1S/C23H28N4OS/c1-16-9-10-18(13-17(16)2)20-14-21-23(24-11-12-27(21)25-20)29-15-22(28)26(3)19-7-5-4-6-8-19/h9-14,19H,4-8,15H2,1-3H3. The molecule has 5 nitrogen and oxygen atoms in total. The average Bonchev–Trinajstić information content (AvgIpc) is 3.19. The zero-order valence-corrected chi connectivity index (χ0v) is 18.2. The predicted molar refractivity (Wildman–Crippen MR) is 118 cm³/mol. The van der Waals surface area contributed by atoms with Crippen LogP contribution in [0.4, 0.5) is 0 Å². The summed E-state index contributed by atoms with van der Waals surface area (Å²) in [6.45, 7) is 4.23. The Labute approximate surface area is 176 Å². The summed E-state index contributed by atoms with van der Waals surface area (Å²) in [5.41, 5.74) is 5.49. The van der Waals surface area contributed by atoms with Crippen molar-refractivity contribution in [2.45, 2.75) is 57.0 Å². The molecule has 6 heteroatoms. The molecule has 1 aliphatic rings. The highest BCUT2D eigenvalue weighted by molar-refractivity contribution is 8.00. The lowest BCUT2D eigenvalue weighted by molar-refractivity contribution is -0.129. The summed E-state index contributed by atoms with van der Waals surface area (Å²) in [6, 6.07) is 8.86. The first-order valence-electron chi connectivity index (χ1n) is 10.3. The third kappa shape index (κ3) is 4.32. The van der Waals surface area contributed by atoms with E-state index in [9.17, 15) is 4.79 Å². The summed E-state index contributed by atoms with van der Waals surface area (Å²) < 4.78 is 1.86. The molecule has 0 aliphatic heterocycles. The fourth-order valence-electron chi connectivity index (χ4n) is 3.96. The van der Waals surface area contributed by atoms with Gasteiger partial charge in [0.15, 0.2) is 0 Å². The minimum absolute atomic E-state index is 0.180. The number of aryl methyl sites for hydroxylation is 2. The highest BCUT2D eigenvalue weighted by Crippen LogP contribution is 2.28. The molecule has 0 bridgehead atoms. The molecular weight excluding hydrogens is 380 g/mol. The first kappa shape index (κ1) is 20.0. The first-order chi connectivity index (χ1) is 14.0. The molecule has 0 radical (unpaired) electrons. The van der Waals surface area contributed by atoms with E-state index in [1.807, 2.05) is 22.7 Å². The second-order valence-corrected chi connectivity index (χ2v) is 8.94. The van der Waals surface area contributed by atoms with E-state index in [4.69, 9.17) is 5.10 Å². The molecule has 0 N–H and O–H groups in total. The number of hydrogen-bond acceptors (Lipinski definition) is 4. The monoisotopic (exact) mass is 408 g/mol. The largest absolute Gasteiger partial charge is 0.342 e. The highest BCUT2D eigenvalue weighted by atomic mass is 32.2. The van der Waals surface area contributed by atoms with E-state index in [2.05, 4.69) is 43.1 Å². The van der Waals surface area contributed by atoms with Gasteiger partial charge in [-0.25, -0.2) is 9.50 Å². The van der Waals surface area contributed by atoms with Crippen LogP contribution in [0.1, 0.15) is 43.2 Å². The molecule has 1 aromatic carbocycles. The molecule has 3 aromatic rings. The normalized spacial score (nSPS) is 15.0. The van der Waals surface area contributed by atoms with Gasteiger partial charge in [0.2, 0.25) is 5.91 Å². The highest BCUT2D eigenvalue weighted by Gasteiger charge is 2.22. The fourth-order valence-corrected chi connectivity index (χ4v) is 4.85. The van der Waals surface area contributed by atoms with Crippen LogP contribution in [-0.2, 0) is 4.79 Å². The molecule has 1 aliphatic carbocycles. The Morgan fingerprint density at radius 3 is 2.72 bits per heavy atom. The van der Waals surface area contributed by atoms with Gasteiger partial charge in [-0.1, -0.05) is 43.2 Å². The Bertz CT molecular complexity index is 1020. The van der Waals surface area contributed by atoms with Crippen LogP contribution in [0.15, 0.2) is 41.7 Å². The van der Waals surface area contributed by atoms with Gasteiger partial charge in [0, 0.05) is 31.0 Å². The topological polar surface area (TPSA) is 50.5 Å². The molecule has 4 rings (SSSR count). The van der Waals surface area contributed by atoms with Crippen LogP contribution >= 0.6 is 11.8 Å². The molecule has 1 saturated carbocycles. The average molecular weight is 409 g/mol. The molecule has 1 fully saturated rings. The van der Waals surface area contributed by atoms with Crippen molar-refractivity contribution in [2.24, 2.45) is 0 Å². The maximum Gasteiger partial charge on any atom is 0.232 e. The summed E-state index contributed by atoms with van der Waals surface area (Å²) >= 11 is 1.50. The molecule has 152 valence electrons. The number of aromatic nitrogens is 3. The summed E-state index contributed by atoms with van der Waals surface area (Å²) in [5.74, 6) is 0.587. The Kier molecular flexibility index (Phi) is 5.90. The van der Waals surface area contributed by atoms with E-state index < -0.39 is 0 Å². The van der Waals surface area contributed by atoms with Gasteiger partial charge in [0.25, 0.3) is 0 Å². The van der Waals surface area contributed by atoms with Crippen molar-refractivity contribution < 1.29 is 4.79 Å². The van der Waals surface area contributed by atoms with Crippen molar-refractivity contribution in [1.29, 1.82) is 0 Å². The van der Waals surface area contributed by atoms with Gasteiger partial charge in [-0.15, -0.1) is 0 Å². The SMILES string of the molecule is Cc1ccc(-c2cc3c(SCC(=O)N(C)C4CCCCC4)nccn3n2)cc1C. The van der Waals surface area contributed by atoms with Crippen LogP contribution in [0, 0.1) is 13.8 Å². The molecule has 29 heavy (non-hydrogen) atoms. The maximum absolute atomic E-state index is 12.7. The van der Waals surface area contributed by atoms with Gasteiger partial charge >= 0.3 is 0 Å². The first-order valence-corrected chi connectivity index (χ1v) is 11.3. The van der Waals surface area contributed by atoms with Crippen molar-refractivity contribution in [1.82, 2.24) is 19.5 Å². The Balaban J connectivity index is 1.51. The second-order valence-electron chi connectivity index (χ2n) is 7.98. The van der Waals surface area contributed by atoms with Crippen LogP contribution in [0.2, 0.25) is 0 Å². The third-order valence-corrected chi connectivity index (χ3v) is 6.98. The van der Waals surface area contributed by atoms with Crippen LogP contribution in [-0.4, -0.2) is 44.2 Å². The molecule has 2 aromatic heterocycles. The molecular formula is C23H28N4OS. The van der Waals surface area contributed by atoms with Gasteiger partial charge in [-0.05, 0) is 49.9 Å². The van der Waals surface area contributed by atoms with Crippen molar-refractivity contribution in [2.75, 3.05) is 12.8 Å². The van der Waals surface area contributed by atoms with Gasteiger partial charge in [0.1, 0.15) is 5.03 Å². The van der Waals surface area contributed by atoms with E-state index >= 15 is 0 Å². The van der Waals surface area contributed by atoms with E-state index in [0.29, 0.717) is 11.8 Å². The lowest BCUT2D eigenvalue weighted by atomic mass is 9.94. The molecule has 0 spiro atoms. The van der Waals surface area contributed by atoms with E-state index in [1.54, 1.807) is 6.20 Å². The third-order valence-electron chi connectivity index (χ3n) is 6.01. The Hall–Kier alpha value is -2.34. The number of benzene rings is 1. The minimum atomic E-state index is 0.180. The van der Waals surface area contributed by atoms with Crippen molar-refractivity contribution in [3.8, 4) is 11.3 Å². The van der Waals surface area contributed by atoms with E-state index in [0.717, 1.165) is 34.6 Å². The number of thioether (sulfide) groups is 1.